The highest BCUT2D eigenvalue weighted by molar-refractivity contribution is 6.30. The number of hydrogen-bond donors (Lipinski definition) is 0. The van der Waals surface area contributed by atoms with Crippen LogP contribution in [0.25, 0.3) is 0 Å². The molecule has 0 aliphatic carbocycles. The highest BCUT2D eigenvalue weighted by atomic mass is 35.5. The van der Waals surface area contributed by atoms with E-state index in [2.05, 4.69) is 6.07 Å². The molecule has 0 saturated heterocycles. The van der Waals surface area contributed by atoms with Crippen molar-refractivity contribution in [1.82, 2.24) is 0 Å². The van der Waals surface area contributed by atoms with Crippen LogP contribution in [-0.4, -0.2) is 14.2 Å². The van der Waals surface area contributed by atoms with Gasteiger partial charge >= 0.3 is 0 Å². The lowest BCUT2D eigenvalue weighted by atomic mass is 10.1. The van der Waals surface area contributed by atoms with Gasteiger partial charge in [0.25, 0.3) is 0 Å². The predicted molar refractivity (Wildman–Crippen MR) is 81.3 cm³/mol. The normalized spacial score (nSPS) is 9.90. The number of rotatable bonds is 4. The molecular weight excluding hydrogens is 272 g/mol. The lowest BCUT2D eigenvalue weighted by Crippen LogP contribution is -2.18. The van der Waals surface area contributed by atoms with E-state index in [-0.39, 0.29) is 0 Å². The minimum atomic E-state index is 0.604. The van der Waals surface area contributed by atoms with Gasteiger partial charge in [-0.2, -0.15) is 5.26 Å². The third-order valence-corrected chi connectivity index (χ3v) is 3.33. The Morgan fingerprint density at radius 1 is 1.25 bits per heavy atom. The summed E-state index contributed by atoms with van der Waals surface area (Å²) < 4.78 is 5.34. The monoisotopic (exact) mass is 286 g/mol. The van der Waals surface area contributed by atoms with Gasteiger partial charge in [-0.3, -0.25) is 0 Å². The van der Waals surface area contributed by atoms with Crippen molar-refractivity contribution in [2.45, 2.75) is 6.54 Å². The van der Waals surface area contributed by atoms with E-state index in [4.69, 9.17) is 16.3 Å². The van der Waals surface area contributed by atoms with E-state index in [0.29, 0.717) is 17.1 Å². The van der Waals surface area contributed by atoms with Crippen molar-refractivity contribution in [2.24, 2.45) is 0 Å². The quantitative estimate of drug-likeness (QED) is 0.856. The molecule has 0 aliphatic rings. The Labute approximate surface area is 124 Å². The van der Waals surface area contributed by atoms with Crippen LogP contribution in [0.5, 0.6) is 5.75 Å². The maximum Gasteiger partial charge on any atom is 0.123 e. The van der Waals surface area contributed by atoms with E-state index in [1.807, 2.05) is 36.2 Å². The maximum absolute atomic E-state index is 9.18. The molecule has 0 atom stereocenters. The van der Waals surface area contributed by atoms with E-state index in [9.17, 15) is 5.26 Å². The Hall–Kier alpha value is -2.18. The molecule has 4 heteroatoms. The van der Waals surface area contributed by atoms with Crippen molar-refractivity contribution in [3.63, 3.8) is 0 Å². The first-order chi connectivity index (χ1) is 9.65. The molecule has 0 unspecified atom stereocenters. The summed E-state index contributed by atoms with van der Waals surface area (Å²) >= 11 is 6.02. The first-order valence-corrected chi connectivity index (χ1v) is 6.56. The van der Waals surface area contributed by atoms with Crippen LogP contribution in [-0.2, 0) is 6.54 Å². The second-order valence-corrected chi connectivity index (χ2v) is 4.88. The van der Waals surface area contributed by atoms with Gasteiger partial charge in [0.05, 0.1) is 18.4 Å². The fourth-order valence-electron chi connectivity index (χ4n) is 2.09. The summed E-state index contributed by atoms with van der Waals surface area (Å²) in [7, 11) is 3.58. The molecule has 0 aromatic heterocycles. The molecule has 2 rings (SSSR count). The van der Waals surface area contributed by atoms with Gasteiger partial charge < -0.3 is 9.64 Å². The van der Waals surface area contributed by atoms with Crippen LogP contribution < -0.4 is 9.64 Å². The zero-order valence-corrected chi connectivity index (χ0v) is 12.2. The van der Waals surface area contributed by atoms with Crippen LogP contribution in [0.3, 0.4) is 0 Å². The van der Waals surface area contributed by atoms with E-state index in [1.165, 1.54) is 0 Å². The first kappa shape index (κ1) is 14.2. The Balaban J connectivity index is 2.31. The Kier molecular flexibility index (Phi) is 4.49. The standard InChI is InChI=1S/C16H15ClN2O/c1-19(11-13-5-3-4-6-16(13)20-2)15-9-14(17)8-7-12(15)10-18/h3-9H,11H2,1-2H3. The Morgan fingerprint density at radius 2 is 2.00 bits per heavy atom. The zero-order chi connectivity index (χ0) is 14.5. The summed E-state index contributed by atoms with van der Waals surface area (Å²) in [6, 6.07) is 15.3. The Morgan fingerprint density at radius 3 is 2.70 bits per heavy atom. The van der Waals surface area contributed by atoms with Crippen LogP contribution >= 0.6 is 11.6 Å². The molecule has 0 aliphatic heterocycles. The molecule has 0 N–H and O–H groups in total. The molecule has 0 radical (unpaired) electrons. The van der Waals surface area contributed by atoms with Gasteiger partial charge in [-0.15, -0.1) is 0 Å². The minimum absolute atomic E-state index is 0.604. The number of nitriles is 1. The van der Waals surface area contributed by atoms with Crippen LogP contribution in [0.2, 0.25) is 5.02 Å². The van der Waals surface area contributed by atoms with Crippen LogP contribution in [0.1, 0.15) is 11.1 Å². The third-order valence-electron chi connectivity index (χ3n) is 3.09. The average Bonchev–Trinajstić information content (AvgIpc) is 2.47. The summed E-state index contributed by atoms with van der Waals surface area (Å²) in [5, 5.41) is 9.80. The Bertz CT molecular complexity index is 649. The molecule has 0 amide bonds. The zero-order valence-electron chi connectivity index (χ0n) is 11.4. The number of halogens is 1. The van der Waals surface area contributed by atoms with Crippen LogP contribution in [0.4, 0.5) is 5.69 Å². The molecule has 2 aromatic carbocycles. The van der Waals surface area contributed by atoms with Crippen LogP contribution in [0.15, 0.2) is 42.5 Å². The van der Waals surface area contributed by atoms with E-state index < -0.39 is 0 Å². The molecule has 0 spiro atoms. The lowest BCUT2D eigenvalue weighted by Gasteiger charge is -2.22. The summed E-state index contributed by atoms with van der Waals surface area (Å²) in [5.41, 5.74) is 2.47. The van der Waals surface area contributed by atoms with Gasteiger partial charge in [0.15, 0.2) is 0 Å². The van der Waals surface area contributed by atoms with Crippen molar-refractivity contribution < 1.29 is 4.74 Å². The number of nitrogens with zero attached hydrogens (tertiary/aromatic N) is 2. The van der Waals surface area contributed by atoms with Gasteiger partial charge in [-0.1, -0.05) is 29.8 Å². The summed E-state index contributed by atoms with van der Waals surface area (Å²) in [6.07, 6.45) is 0. The number of ether oxygens (including phenoxy) is 1. The molecular formula is C16H15ClN2O. The van der Waals surface area contributed by atoms with Gasteiger partial charge in [0.1, 0.15) is 11.8 Å². The number of anilines is 1. The topological polar surface area (TPSA) is 36.3 Å². The molecule has 0 saturated carbocycles. The van der Waals surface area contributed by atoms with E-state index in [1.54, 1.807) is 25.3 Å². The lowest BCUT2D eigenvalue weighted by molar-refractivity contribution is 0.409. The molecule has 3 nitrogen and oxygen atoms in total. The largest absolute Gasteiger partial charge is 0.496 e. The number of methoxy groups -OCH3 is 1. The van der Waals surface area contributed by atoms with E-state index >= 15 is 0 Å². The third kappa shape index (κ3) is 3.04. The molecule has 102 valence electrons. The first-order valence-electron chi connectivity index (χ1n) is 6.18. The van der Waals surface area contributed by atoms with Crippen molar-refractivity contribution in [3.8, 4) is 11.8 Å². The molecule has 0 heterocycles. The van der Waals surface area contributed by atoms with Gasteiger partial charge in [-0.05, 0) is 24.3 Å². The minimum Gasteiger partial charge on any atom is -0.496 e. The highest BCUT2D eigenvalue weighted by Gasteiger charge is 2.11. The number of benzene rings is 2. The molecule has 20 heavy (non-hydrogen) atoms. The van der Waals surface area contributed by atoms with Crippen LogP contribution in [0, 0.1) is 11.3 Å². The van der Waals surface area contributed by atoms with Gasteiger partial charge in [-0.25, -0.2) is 0 Å². The molecule has 0 fully saturated rings. The fourth-order valence-corrected chi connectivity index (χ4v) is 2.26. The fraction of sp³-hybridized carbons (Fsp3) is 0.188. The van der Waals surface area contributed by atoms with E-state index in [0.717, 1.165) is 17.0 Å². The number of hydrogen-bond acceptors (Lipinski definition) is 3. The summed E-state index contributed by atoms with van der Waals surface area (Å²) in [4.78, 5) is 1.99. The van der Waals surface area contributed by atoms with Gasteiger partial charge in [0, 0.05) is 24.2 Å². The second-order valence-electron chi connectivity index (χ2n) is 4.44. The number of para-hydroxylation sites is 1. The second kappa shape index (κ2) is 6.31. The van der Waals surface area contributed by atoms with Crippen molar-refractivity contribution in [1.29, 1.82) is 5.26 Å². The summed E-state index contributed by atoms with van der Waals surface area (Å²) in [6.45, 7) is 0.638. The van der Waals surface area contributed by atoms with Gasteiger partial charge in [0.2, 0.25) is 0 Å². The maximum atomic E-state index is 9.18. The molecule has 2 aromatic rings. The smallest absolute Gasteiger partial charge is 0.123 e. The SMILES string of the molecule is COc1ccccc1CN(C)c1cc(Cl)ccc1C#N. The predicted octanol–water partition coefficient (Wildman–Crippen LogP) is 3.86. The highest BCUT2D eigenvalue weighted by Crippen LogP contribution is 2.27. The van der Waals surface area contributed by atoms with Crippen molar-refractivity contribution in [3.05, 3.63) is 58.6 Å². The molecule has 0 bridgehead atoms. The summed E-state index contributed by atoms with van der Waals surface area (Å²) in [5.74, 6) is 0.833. The average molecular weight is 287 g/mol. The van der Waals surface area contributed by atoms with Crippen molar-refractivity contribution >= 4 is 17.3 Å². The van der Waals surface area contributed by atoms with Crippen molar-refractivity contribution in [2.75, 3.05) is 19.1 Å².